The van der Waals surface area contributed by atoms with Crippen LogP contribution in [0.5, 0.6) is 5.75 Å². The number of benzene rings is 3. The molecule has 0 N–H and O–H groups in total. The quantitative estimate of drug-likeness (QED) is 0.120. The Labute approximate surface area is 228 Å². The number of nitrogens with zero attached hydrogens (tertiary/aromatic N) is 2. The summed E-state index contributed by atoms with van der Waals surface area (Å²) in [7, 11) is 1.53. The molecule has 0 atom stereocenters. The van der Waals surface area contributed by atoms with E-state index in [4.69, 9.17) is 16.3 Å². The molecular formula is C30H21ClF2N2O2S. The van der Waals surface area contributed by atoms with Crippen LogP contribution in [-0.2, 0) is 5.75 Å². The van der Waals surface area contributed by atoms with Gasteiger partial charge in [-0.3, -0.25) is 4.79 Å². The zero-order chi connectivity index (χ0) is 27.1. The molecule has 3 aromatic carbocycles. The minimum atomic E-state index is -2.79. The highest BCUT2D eigenvalue weighted by Crippen LogP contribution is 2.36. The van der Waals surface area contributed by atoms with Gasteiger partial charge in [-0.25, -0.2) is 13.8 Å². The van der Waals surface area contributed by atoms with E-state index in [-0.39, 0.29) is 16.4 Å². The molecule has 1 aromatic heterocycles. The number of nitriles is 1. The molecule has 0 aliphatic carbocycles. The van der Waals surface area contributed by atoms with Crippen LogP contribution in [0.4, 0.5) is 8.78 Å². The minimum absolute atomic E-state index is 0.173. The summed E-state index contributed by atoms with van der Waals surface area (Å²) in [4.78, 5) is 16.6. The summed E-state index contributed by atoms with van der Waals surface area (Å²) in [5.74, 6) is 0.720. The van der Waals surface area contributed by atoms with Gasteiger partial charge in [-0.1, -0.05) is 54.1 Å². The maximum absolute atomic E-state index is 13.7. The third-order valence-corrected chi connectivity index (χ3v) is 6.93. The monoisotopic (exact) mass is 546 g/mol. The van der Waals surface area contributed by atoms with E-state index in [0.29, 0.717) is 33.2 Å². The first-order valence-corrected chi connectivity index (χ1v) is 12.8. The smallest absolute Gasteiger partial charge is 0.280 e. The van der Waals surface area contributed by atoms with Crippen LogP contribution in [0.1, 0.15) is 39.2 Å². The Kier molecular flexibility index (Phi) is 8.90. The summed E-state index contributed by atoms with van der Waals surface area (Å²) in [6.45, 7) is 0. The molecule has 0 spiro atoms. The van der Waals surface area contributed by atoms with Gasteiger partial charge in [0, 0.05) is 27.5 Å². The molecule has 0 bridgehead atoms. The van der Waals surface area contributed by atoms with Gasteiger partial charge in [0.2, 0.25) is 0 Å². The molecule has 0 saturated carbocycles. The lowest BCUT2D eigenvalue weighted by Crippen LogP contribution is -1.99. The van der Waals surface area contributed by atoms with E-state index in [9.17, 15) is 18.8 Å². The number of hydrogen-bond donors (Lipinski definition) is 0. The van der Waals surface area contributed by atoms with Gasteiger partial charge in [0.15, 0.2) is 5.78 Å². The van der Waals surface area contributed by atoms with E-state index in [1.54, 1.807) is 60.7 Å². The number of carbonyl (C=O) groups excluding carboxylic acids is 1. The van der Waals surface area contributed by atoms with Crippen LogP contribution in [0, 0.1) is 11.3 Å². The van der Waals surface area contributed by atoms with Crippen molar-refractivity contribution in [3.05, 3.63) is 118 Å². The summed E-state index contributed by atoms with van der Waals surface area (Å²) in [6, 6.07) is 24.4. The van der Waals surface area contributed by atoms with Crippen LogP contribution in [0.25, 0.3) is 17.2 Å². The van der Waals surface area contributed by atoms with Crippen LogP contribution >= 0.6 is 23.4 Å². The van der Waals surface area contributed by atoms with Crippen molar-refractivity contribution >= 4 is 35.2 Å². The summed E-state index contributed by atoms with van der Waals surface area (Å²) in [6.07, 6.45) is 0.370. The SMILES string of the molecule is COc1ccc(/C=C/C(=O)c2ccc(Cl)cc2)cc1CSc1nc(C(F)F)cc(-c2ccccc2)c1C#N. The number of thioether (sulfide) groups is 1. The first-order valence-electron chi connectivity index (χ1n) is 11.5. The molecule has 0 fully saturated rings. The second-order valence-electron chi connectivity index (χ2n) is 8.12. The molecule has 4 aromatic rings. The van der Waals surface area contributed by atoms with Crippen LogP contribution in [0.15, 0.2) is 90.0 Å². The van der Waals surface area contributed by atoms with E-state index in [0.717, 1.165) is 11.1 Å². The van der Waals surface area contributed by atoms with Crippen molar-refractivity contribution in [1.29, 1.82) is 5.26 Å². The minimum Gasteiger partial charge on any atom is -0.496 e. The number of methoxy groups -OCH3 is 1. The average Bonchev–Trinajstić information content (AvgIpc) is 2.95. The Balaban J connectivity index is 1.62. The Bertz CT molecular complexity index is 1520. The van der Waals surface area contributed by atoms with Crippen LogP contribution in [0.3, 0.4) is 0 Å². The first kappa shape index (κ1) is 27.1. The maximum atomic E-state index is 13.7. The van der Waals surface area contributed by atoms with Crippen LogP contribution < -0.4 is 4.74 Å². The number of hydrogen-bond acceptors (Lipinski definition) is 5. The molecule has 38 heavy (non-hydrogen) atoms. The van der Waals surface area contributed by atoms with Gasteiger partial charge in [0.1, 0.15) is 22.5 Å². The molecule has 0 amide bonds. The van der Waals surface area contributed by atoms with Gasteiger partial charge >= 0.3 is 0 Å². The first-order chi connectivity index (χ1) is 18.4. The summed E-state index contributed by atoms with van der Waals surface area (Å²) < 4.78 is 32.9. The van der Waals surface area contributed by atoms with E-state index in [1.165, 1.54) is 31.0 Å². The zero-order valence-electron chi connectivity index (χ0n) is 20.2. The van der Waals surface area contributed by atoms with E-state index in [1.807, 2.05) is 18.2 Å². The molecule has 4 rings (SSSR count). The lowest BCUT2D eigenvalue weighted by molar-refractivity contribution is 0.104. The van der Waals surface area contributed by atoms with Crippen molar-refractivity contribution in [3.8, 4) is 22.9 Å². The third kappa shape index (κ3) is 6.46. The summed E-state index contributed by atoms with van der Waals surface area (Å²) in [5.41, 5.74) is 2.93. The summed E-state index contributed by atoms with van der Waals surface area (Å²) >= 11 is 7.07. The Hall–Kier alpha value is -3.99. The number of halogens is 3. The molecule has 1 heterocycles. The number of rotatable bonds is 9. The fourth-order valence-corrected chi connectivity index (χ4v) is 4.87. The fourth-order valence-electron chi connectivity index (χ4n) is 3.75. The lowest BCUT2D eigenvalue weighted by atomic mass is 10.0. The molecule has 0 unspecified atom stereocenters. The van der Waals surface area contributed by atoms with E-state index >= 15 is 0 Å². The van der Waals surface area contributed by atoms with Gasteiger partial charge in [0.25, 0.3) is 6.43 Å². The zero-order valence-corrected chi connectivity index (χ0v) is 21.8. The van der Waals surface area contributed by atoms with Crippen molar-refractivity contribution in [2.24, 2.45) is 0 Å². The number of ketones is 1. The Morgan fingerprint density at radius 1 is 1.11 bits per heavy atom. The van der Waals surface area contributed by atoms with Crippen molar-refractivity contribution < 1.29 is 18.3 Å². The van der Waals surface area contributed by atoms with Crippen LogP contribution in [-0.4, -0.2) is 17.9 Å². The molecular weight excluding hydrogens is 526 g/mol. The predicted molar refractivity (Wildman–Crippen MR) is 147 cm³/mol. The predicted octanol–water partition coefficient (Wildman–Crippen LogP) is 8.41. The molecule has 0 saturated heterocycles. The Morgan fingerprint density at radius 2 is 1.84 bits per heavy atom. The highest BCUT2D eigenvalue weighted by atomic mass is 35.5. The number of pyridine rings is 1. The van der Waals surface area contributed by atoms with E-state index in [2.05, 4.69) is 11.1 Å². The topological polar surface area (TPSA) is 63.0 Å². The van der Waals surface area contributed by atoms with Gasteiger partial charge in [0.05, 0.1) is 12.7 Å². The molecule has 190 valence electrons. The molecule has 0 radical (unpaired) electrons. The summed E-state index contributed by atoms with van der Waals surface area (Å²) in [5, 5.41) is 10.7. The van der Waals surface area contributed by atoms with Crippen LogP contribution in [0.2, 0.25) is 5.02 Å². The highest BCUT2D eigenvalue weighted by Gasteiger charge is 2.19. The number of carbonyl (C=O) groups is 1. The normalized spacial score (nSPS) is 11.1. The fraction of sp³-hybridized carbons (Fsp3) is 0.100. The molecule has 0 aliphatic rings. The lowest BCUT2D eigenvalue weighted by Gasteiger charge is -2.13. The molecule has 4 nitrogen and oxygen atoms in total. The number of alkyl halides is 2. The second-order valence-corrected chi connectivity index (χ2v) is 9.52. The van der Waals surface area contributed by atoms with Crippen molar-refractivity contribution in [2.45, 2.75) is 17.2 Å². The van der Waals surface area contributed by atoms with Crippen molar-refractivity contribution in [3.63, 3.8) is 0 Å². The third-order valence-electron chi connectivity index (χ3n) is 5.65. The second kappa shape index (κ2) is 12.5. The van der Waals surface area contributed by atoms with Gasteiger partial charge in [-0.2, -0.15) is 5.26 Å². The average molecular weight is 547 g/mol. The highest BCUT2D eigenvalue weighted by molar-refractivity contribution is 7.98. The number of ether oxygens (including phenoxy) is 1. The maximum Gasteiger partial charge on any atom is 0.280 e. The van der Waals surface area contributed by atoms with Gasteiger partial charge in [-0.15, -0.1) is 11.8 Å². The van der Waals surface area contributed by atoms with Gasteiger partial charge in [-0.05, 0) is 59.7 Å². The largest absolute Gasteiger partial charge is 0.496 e. The van der Waals surface area contributed by atoms with Crippen molar-refractivity contribution in [2.75, 3.05) is 7.11 Å². The molecule has 8 heteroatoms. The standard InChI is InChI=1S/C30H21ClF2N2O2S/c1-37-28-14-8-19(7-13-27(36)21-9-11-23(31)12-10-21)15-22(28)18-38-30-25(17-34)24(16-26(35-30)29(32)33)20-5-3-2-4-6-20/h2-16,29H,18H2,1H3/b13-7+. The van der Waals surface area contributed by atoms with E-state index < -0.39 is 12.1 Å². The number of aromatic nitrogens is 1. The molecule has 0 aliphatic heterocycles. The number of allylic oxidation sites excluding steroid dienone is 1. The Morgan fingerprint density at radius 3 is 2.50 bits per heavy atom. The van der Waals surface area contributed by atoms with Gasteiger partial charge < -0.3 is 4.74 Å². The van der Waals surface area contributed by atoms with Crippen molar-refractivity contribution in [1.82, 2.24) is 4.98 Å².